The van der Waals surface area contributed by atoms with Gasteiger partial charge in [-0.25, -0.2) is 9.59 Å². The Morgan fingerprint density at radius 3 is 2.73 bits per heavy atom. The normalized spacial score (nSPS) is 20.8. The molecule has 2 aromatic carbocycles. The fourth-order valence-corrected chi connectivity index (χ4v) is 2.95. The highest BCUT2D eigenvalue weighted by Crippen LogP contribution is 2.33. The van der Waals surface area contributed by atoms with Gasteiger partial charge in [0.15, 0.2) is 6.29 Å². The summed E-state index contributed by atoms with van der Waals surface area (Å²) in [6.07, 6.45) is 2.64. The minimum atomic E-state index is -0.635. The van der Waals surface area contributed by atoms with E-state index in [9.17, 15) is 9.59 Å². The monoisotopic (exact) mass is 298 g/mol. The van der Waals surface area contributed by atoms with Crippen LogP contribution in [0.5, 0.6) is 5.75 Å². The van der Waals surface area contributed by atoms with Gasteiger partial charge in [-0.2, -0.15) is 0 Å². The Morgan fingerprint density at radius 2 is 1.91 bits per heavy atom. The van der Waals surface area contributed by atoms with E-state index >= 15 is 0 Å². The first-order valence-electron chi connectivity index (χ1n) is 7.34. The second-order valence-electron chi connectivity index (χ2n) is 5.47. The molecule has 22 heavy (non-hydrogen) atoms. The van der Waals surface area contributed by atoms with E-state index in [4.69, 9.17) is 14.2 Å². The van der Waals surface area contributed by atoms with Gasteiger partial charge in [0.2, 0.25) is 0 Å². The van der Waals surface area contributed by atoms with Crippen molar-refractivity contribution < 1.29 is 23.8 Å². The number of benzene rings is 2. The van der Waals surface area contributed by atoms with Crippen LogP contribution in [-0.4, -0.2) is 24.8 Å². The zero-order valence-corrected chi connectivity index (χ0v) is 11.8. The largest absolute Gasteiger partial charge is 0.465 e. The maximum atomic E-state index is 12.0. The van der Waals surface area contributed by atoms with Crippen LogP contribution in [0.15, 0.2) is 30.3 Å². The highest BCUT2D eigenvalue weighted by molar-refractivity contribution is 6.21. The van der Waals surface area contributed by atoms with Crippen molar-refractivity contribution in [1.29, 1.82) is 0 Å². The molecular formula is C17H14O5. The summed E-state index contributed by atoms with van der Waals surface area (Å²) >= 11 is 0. The zero-order chi connectivity index (χ0) is 15.1. The van der Waals surface area contributed by atoms with E-state index in [2.05, 4.69) is 0 Å². The molecule has 0 amide bonds. The Kier molecular flexibility index (Phi) is 3.08. The van der Waals surface area contributed by atoms with Gasteiger partial charge in [-0.15, -0.1) is 0 Å². The van der Waals surface area contributed by atoms with E-state index in [1.54, 1.807) is 18.2 Å². The second kappa shape index (κ2) is 5.10. The van der Waals surface area contributed by atoms with Crippen LogP contribution in [0, 0.1) is 0 Å². The second-order valence-corrected chi connectivity index (χ2v) is 5.47. The van der Waals surface area contributed by atoms with E-state index in [1.165, 1.54) is 0 Å². The lowest BCUT2D eigenvalue weighted by molar-refractivity contribution is -0.105. The molecule has 1 saturated heterocycles. The first kappa shape index (κ1) is 13.3. The fourth-order valence-electron chi connectivity index (χ4n) is 2.95. The number of esters is 2. The number of cyclic esters (lactones) is 2. The molecule has 1 fully saturated rings. The van der Waals surface area contributed by atoms with Gasteiger partial charge in [0.1, 0.15) is 5.75 Å². The molecule has 2 heterocycles. The van der Waals surface area contributed by atoms with Crippen LogP contribution < -0.4 is 4.74 Å². The van der Waals surface area contributed by atoms with Crippen LogP contribution in [0.25, 0.3) is 10.8 Å². The predicted octanol–water partition coefficient (Wildman–Crippen LogP) is 3.06. The van der Waals surface area contributed by atoms with Crippen molar-refractivity contribution in [2.75, 3.05) is 6.61 Å². The average molecular weight is 298 g/mol. The van der Waals surface area contributed by atoms with Crippen LogP contribution in [0.2, 0.25) is 0 Å². The van der Waals surface area contributed by atoms with E-state index in [0.29, 0.717) is 28.9 Å². The molecule has 0 N–H and O–H groups in total. The van der Waals surface area contributed by atoms with Crippen LogP contribution in [0.4, 0.5) is 0 Å². The summed E-state index contributed by atoms with van der Waals surface area (Å²) in [7, 11) is 0. The molecule has 5 nitrogen and oxygen atoms in total. The number of rotatable bonds is 2. The van der Waals surface area contributed by atoms with Gasteiger partial charge in [-0.1, -0.05) is 12.1 Å². The third-order valence-electron chi connectivity index (χ3n) is 3.98. The lowest BCUT2D eigenvalue weighted by Crippen LogP contribution is -2.25. The highest BCUT2D eigenvalue weighted by Gasteiger charge is 2.28. The molecule has 0 spiro atoms. The number of carbonyl (C=O) groups excluding carboxylic acids is 2. The average Bonchev–Trinajstić information content (AvgIpc) is 2.53. The molecule has 0 bridgehead atoms. The molecule has 2 aliphatic rings. The summed E-state index contributed by atoms with van der Waals surface area (Å²) in [5.74, 6) is -0.686. The van der Waals surface area contributed by atoms with Gasteiger partial charge >= 0.3 is 11.9 Å². The molecule has 2 aromatic rings. The van der Waals surface area contributed by atoms with Crippen LogP contribution in [0.3, 0.4) is 0 Å². The van der Waals surface area contributed by atoms with Gasteiger partial charge in [0, 0.05) is 11.8 Å². The lowest BCUT2D eigenvalue weighted by atomic mass is 9.97. The molecule has 2 aliphatic heterocycles. The van der Waals surface area contributed by atoms with E-state index in [1.807, 2.05) is 12.1 Å². The number of hydrogen-bond donors (Lipinski definition) is 0. The molecule has 0 radical (unpaired) electrons. The van der Waals surface area contributed by atoms with Crippen LogP contribution in [0.1, 0.15) is 40.0 Å². The topological polar surface area (TPSA) is 61.8 Å². The van der Waals surface area contributed by atoms with Crippen molar-refractivity contribution >= 4 is 22.7 Å². The third kappa shape index (κ3) is 2.14. The Morgan fingerprint density at radius 1 is 1.05 bits per heavy atom. The summed E-state index contributed by atoms with van der Waals surface area (Å²) < 4.78 is 16.2. The summed E-state index contributed by atoms with van der Waals surface area (Å²) in [6.45, 7) is 0.686. The maximum absolute atomic E-state index is 12.0. The number of ether oxygens (including phenoxy) is 3. The first-order valence-corrected chi connectivity index (χ1v) is 7.34. The molecular weight excluding hydrogens is 284 g/mol. The molecule has 5 heteroatoms. The van der Waals surface area contributed by atoms with Crippen LogP contribution in [-0.2, 0) is 9.47 Å². The summed E-state index contributed by atoms with van der Waals surface area (Å²) in [5.41, 5.74) is 0.770. The Labute approximate surface area is 126 Å². The molecule has 1 unspecified atom stereocenters. The predicted molar refractivity (Wildman–Crippen MR) is 77.9 cm³/mol. The van der Waals surface area contributed by atoms with Gasteiger partial charge in [-0.05, 0) is 36.4 Å². The molecule has 112 valence electrons. The molecule has 4 rings (SSSR count). The van der Waals surface area contributed by atoms with Crippen molar-refractivity contribution in [1.82, 2.24) is 0 Å². The summed E-state index contributed by atoms with van der Waals surface area (Å²) in [5, 5.41) is 1.41. The molecule has 0 saturated carbocycles. The Balaban J connectivity index is 1.79. The van der Waals surface area contributed by atoms with Gasteiger partial charge in [0.25, 0.3) is 0 Å². The molecule has 1 atom stereocenters. The van der Waals surface area contributed by atoms with Crippen molar-refractivity contribution in [3.8, 4) is 5.75 Å². The smallest absolute Gasteiger partial charge is 0.346 e. The molecule has 0 aliphatic carbocycles. The minimum absolute atomic E-state index is 0.289. The standard InChI is InChI=1S/C17H14O5/c18-16-12-5-3-4-10-8-11(21-14-6-1-2-7-20-14)9-13(15(10)12)17(19)22-16/h3-5,8-9,14H,1-2,6-7H2. The van der Waals surface area contributed by atoms with Gasteiger partial charge in [-0.3, -0.25) is 0 Å². The first-order chi connectivity index (χ1) is 10.7. The minimum Gasteiger partial charge on any atom is -0.465 e. The summed E-state index contributed by atoms with van der Waals surface area (Å²) in [6, 6.07) is 8.72. The lowest BCUT2D eigenvalue weighted by Gasteiger charge is -2.24. The van der Waals surface area contributed by atoms with E-state index < -0.39 is 11.9 Å². The van der Waals surface area contributed by atoms with Crippen molar-refractivity contribution in [3.05, 3.63) is 41.5 Å². The van der Waals surface area contributed by atoms with Crippen molar-refractivity contribution in [2.45, 2.75) is 25.6 Å². The number of hydrogen-bond acceptors (Lipinski definition) is 5. The Bertz CT molecular complexity index is 774. The van der Waals surface area contributed by atoms with Crippen molar-refractivity contribution in [3.63, 3.8) is 0 Å². The van der Waals surface area contributed by atoms with E-state index in [0.717, 1.165) is 24.6 Å². The zero-order valence-electron chi connectivity index (χ0n) is 11.8. The Hall–Kier alpha value is -2.40. The van der Waals surface area contributed by atoms with Crippen LogP contribution >= 0.6 is 0 Å². The SMILES string of the molecule is O=C1OC(=O)c2cc(OC3CCCCO3)cc3cccc1c23. The molecule has 0 aromatic heterocycles. The summed E-state index contributed by atoms with van der Waals surface area (Å²) in [4.78, 5) is 23.8. The fraction of sp³-hybridized carbons (Fsp3) is 0.294. The van der Waals surface area contributed by atoms with E-state index in [-0.39, 0.29) is 6.29 Å². The number of carbonyl (C=O) groups is 2. The van der Waals surface area contributed by atoms with Gasteiger partial charge < -0.3 is 14.2 Å². The maximum Gasteiger partial charge on any atom is 0.346 e. The highest BCUT2D eigenvalue weighted by atomic mass is 16.7. The van der Waals surface area contributed by atoms with Gasteiger partial charge in [0.05, 0.1) is 17.7 Å². The quantitative estimate of drug-likeness (QED) is 0.630. The van der Waals surface area contributed by atoms with Crippen molar-refractivity contribution in [2.24, 2.45) is 0 Å². The third-order valence-corrected chi connectivity index (χ3v) is 3.98.